The number of amides is 1. The zero-order valence-corrected chi connectivity index (χ0v) is 15.2. The molecule has 3 unspecified atom stereocenters. The highest BCUT2D eigenvalue weighted by Gasteiger charge is 2.59. The smallest absolute Gasteiger partial charge is 0.408 e. The van der Waals surface area contributed by atoms with E-state index in [0.29, 0.717) is 18.1 Å². The van der Waals surface area contributed by atoms with E-state index in [0.717, 1.165) is 32.4 Å². The van der Waals surface area contributed by atoms with Gasteiger partial charge in [-0.1, -0.05) is 13.8 Å². The average molecular weight is 324 g/mol. The van der Waals surface area contributed by atoms with E-state index in [2.05, 4.69) is 24.5 Å². The van der Waals surface area contributed by atoms with Gasteiger partial charge in [-0.05, 0) is 46.5 Å². The van der Waals surface area contributed by atoms with Crippen LogP contribution in [0.3, 0.4) is 0 Å². The number of fused-ring (bicyclic) bond motifs is 1. The fourth-order valence-electron chi connectivity index (χ4n) is 4.51. The largest absolute Gasteiger partial charge is 0.444 e. The highest BCUT2D eigenvalue weighted by Crippen LogP contribution is 2.52. The van der Waals surface area contributed by atoms with Gasteiger partial charge in [0, 0.05) is 30.5 Å². The number of ether oxygens (including phenoxy) is 2. The fraction of sp³-hybridized carbons (Fsp3) is 0.944. The molecule has 0 aromatic heterocycles. The zero-order chi connectivity index (χ0) is 16.9. The number of carbonyl (C=O) groups is 1. The van der Waals surface area contributed by atoms with Crippen LogP contribution in [0.25, 0.3) is 0 Å². The Morgan fingerprint density at radius 2 is 2.00 bits per heavy atom. The van der Waals surface area contributed by atoms with E-state index in [9.17, 15) is 4.79 Å². The van der Waals surface area contributed by atoms with Crippen LogP contribution >= 0.6 is 0 Å². The molecule has 0 aromatic rings. The van der Waals surface area contributed by atoms with Gasteiger partial charge in [-0.25, -0.2) is 4.79 Å². The van der Waals surface area contributed by atoms with Gasteiger partial charge in [-0.3, -0.25) is 0 Å². The molecule has 2 N–H and O–H groups in total. The highest BCUT2D eigenvalue weighted by molar-refractivity contribution is 5.69. The van der Waals surface area contributed by atoms with Crippen molar-refractivity contribution >= 4 is 6.09 Å². The van der Waals surface area contributed by atoms with Crippen molar-refractivity contribution in [1.29, 1.82) is 0 Å². The van der Waals surface area contributed by atoms with Gasteiger partial charge in [0.15, 0.2) is 0 Å². The first-order valence-corrected chi connectivity index (χ1v) is 8.99. The lowest BCUT2D eigenvalue weighted by Crippen LogP contribution is -2.69. The summed E-state index contributed by atoms with van der Waals surface area (Å²) in [6.45, 7) is 12.0. The molecule has 1 amide bonds. The SMILES string of the molecule is CC(C)(C)OC(=O)NC1(CNC2C3CCOC3C2(C)C)CCC1. The molecule has 23 heavy (non-hydrogen) atoms. The number of carbonyl (C=O) groups excluding carboxylic acids is 1. The fourth-order valence-corrected chi connectivity index (χ4v) is 4.51. The second-order valence-electron chi connectivity index (χ2n) is 9.18. The molecule has 3 atom stereocenters. The second kappa shape index (κ2) is 5.62. The highest BCUT2D eigenvalue weighted by atomic mass is 16.6. The van der Waals surface area contributed by atoms with Gasteiger partial charge in [0.05, 0.1) is 11.6 Å². The van der Waals surface area contributed by atoms with Gasteiger partial charge in [0.1, 0.15) is 5.60 Å². The molecule has 5 nitrogen and oxygen atoms in total. The van der Waals surface area contributed by atoms with Crippen molar-refractivity contribution in [2.24, 2.45) is 11.3 Å². The topological polar surface area (TPSA) is 59.6 Å². The zero-order valence-electron chi connectivity index (χ0n) is 15.2. The van der Waals surface area contributed by atoms with Crippen LogP contribution in [-0.4, -0.2) is 42.5 Å². The van der Waals surface area contributed by atoms with Crippen molar-refractivity contribution in [3.05, 3.63) is 0 Å². The molecule has 5 heteroatoms. The van der Waals surface area contributed by atoms with Gasteiger partial charge in [-0.2, -0.15) is 0 Å². The average Bonchev–Trinajstić information content (AvgIpc) is 2.79. The normalized spacial score (nSPS) is 34.0. The van der Waals surface area contributed by atoms with Crippen molar-refractivity contribution in [2.75, 3.05) is 13.2 Å². The third-order valence-electron chi connectivity index (χ3n) is 5.84. The van der Waals surface area contributed by atoms with Crippen LogP contribution in [0, 0.1) is 11.3 Å². The van der Waals surface area contributed by atoms with E-state index >= 15 is 0 Å². The number of nitrogens with one attached hydrogen (secondary N) is 2. The summed E-state index contributed by atoms with van der Waals surface area (Å²) in [4.78, 5) is 12.1. The van der Waals surface area contributed by atoms with E-state index in [-0.39, 0.29) is 17.0 Å². The molecule has 3 rings (SSSR count). The standard InChI is InChI=1S/C18H32N2O3/c1-16(2,3)23-15(21)20-18(8-6-9-18)11-19-13-12-7-10-22-14(12)17(13,4)5/h12-14,19H,6-11H2,1-5H3,(H,20,21). The van der Waals surface area contributed by atoms with Gasteiger partial charge < -0.3 is 20.1 Å². The molecule has 3 aliphatic rings. The van der Waals surface area contributed by atoms with E-state index in [1.165, 1.54) is 6.42 Å². The Balaban J connectivity index is 1.54. The maximum atomic E-state index is 12.1. The molecule has 1 heterocycles. The van der Waals surface area contributed by atoms with Crippen molar-refractivity contribution in [2.45, 2.75) is 83.6 Å². The molecule has 2 aliphatic carbocycles. The summed E-state index contributed by atoms with van der Waals surface area (Å²) in [5.41, 5.74) is -0.409. The molecule has 1 aliphatic heterocycles. The van der Waals surface area contributed by atoms with Crippen LogP contribution in [0.4, 0.5) is 4.79 Å². The van der Waals surface area contributed by atoms with E-state index in [1.54, 1.807) is 0 Å². The molecule has 0 radical (unpaired) electrons. The number of hydrogen-bond donors (Lipinski definition) is 2. The molecular formula is C18H32N2O3. The molecule has 132 valence electrons. The Bertz CT molecular complexity index is 465. The summed E-state index contributed by atoms with van der Waals surface area (Å²) in [6.07, 6.45) is 4.47. The van der Waals surface area contributed by atoms with Gasteiger partial charge in [-0.15, -0.1) is 0 Å². The second-order valence-corrected chi connectivity index (χ2v) is 9.18. The summed E-state index contributed by atoms with van der Waals surface area (Å²) in [5, 5.41) is 6.86. The summed E-state index contributed by atoms with van der Waals surface area (Å²) in [6, 6.07) is 0.480. The van der Waals surface area contributed by atoms with Gasteiger partial charge >= 0.3 is 6.09 Å². The first-order valence-electron chi connectivity index (χ1n) is 8.99. The van der Waals surface area contributed by atoms with Crippen LogP contribution in [0.1, 0.15) is 60.3 Å². The lowest BCUT2D eigenvalue weighted by molar-refractivity contribution is -0.114. The molecule has 2 saturated carbocycles. The van der Waals surface area contributed by atoms with Crippen LogP contribution in [0.2, 0.25) is 0 Å². The summed E-state index contributed by atoms with van der Waals surface area (Å²) in [5.74, 6) is 0.628. The maximum absolute atomic E-state index is 12.1. The Morgan fingerprint density at radius 1 is 1.30 bits per heavy atom. The Hall–Kier alpha value is -0.810. The third-order valence-corrected chi connectivity index (χ3v) is 5.84. The lowest BCUT2D eigenvalue weighted by atomic mass is 9.57. The predicted octanol–water partition coefficient (Wildman–Crippen LogP) is 2.84. The minimum absolute atomic E-state index is 0.136. The monoisotopic (exact) mass is 324 g/mol. The number of rotatable bonds is 4. The van der Waals surface area contributed by atoms with Crippen molar-refractivity contribution < 1.29 is 14.3 Å². The summed E-state index contributed by atoms with van der Waals surface area (Å²) in [7, 11) is 0. The lowest BCUT2D eigenvalue weighted by Gasteiger charge is -2.56. The van der Waals surface area contributed by atoms with Crippen LogP contribution in [0.5, 0.6) is 0 Å². The Kier molecular flexibility index (Phi) is 4.16. The van der Waals surface area contributed by atoms with Crippen molar-refractivity contribution in [3.8, 4) is 0 Å². The minimum Gasteiger partial charge on any atom is -0.444 e. The molecule has 0 aromatic carbocycles. The van der Waals surface area contributed by atoms with Gasteiger partial charge in [0.25, 0.3) is 0 Å². The van der Waals surface area contributed by atoms with Gasteiger partial charge in [0.2, 0.25) is 0 Å². The third kappa shape index (κ3) is 3.22. The number of alkyl carbamates (subject to hydrolysis) is 1. The number of hydrogen-bond acceptors (Lipinski definition) is 4. The first kappa shape index (κ1) is 17.0. The van der Waals surface area contributed by atoms with Crippen LogP contribution < -0.4 is 10.6 Å². The minimum atomic E-state index is -0.452. The Morgan fingerprint density at radius 3 is 2.57 bits per heavy atom. The van der Waals surface area contributed by atoms with Crippen LogP contribution in [0.15, 0.2) is 0 Å². The molecule has 0 bridgehead atoms. The molecule has 3 fully saturated rings. The first-order chi connectivity index (χ1) is 10.6. The van der Waals surface area contributed by atoms with E-state index < -0.39 is 5.60 Å². The molecule has 0 spiro atoms. The maximum Gasteiger partial charge on any atom is 0.408 e. The molecule has 1 saturated heterocycles. The Labute approximate surface area is 139 Å². The molecular weight excluding hydrogens is 292 g/mol. The predicted molar refractivity (Wildman–Crippen MR) is 89.4 cm³/mol. The van der Waals surface area contributed by atoms with Crippen molar-refractivity contribution in [1.82, 2.24) is 10.6 Å². The van der Waals surface area contributed by atoms with Crippen LogP contribution in [-0.2, 0) is 9.47 Å². The van der Waals surface area contributed by atoms with E-state index in [4.69, 9.17) is 9.47 Å². The quantitative estimate of drug-likeness (QED) is 0.835. The van der Waals surface area contributed by atoms with E-state index in [1.807, 2.05) is 20.8 Å². The van der Waals surface area contributed by atoms with Crippen molar-refractivity contribution in [3.63, 3.8) is 0 Å². The summed E-state index contributed by atoms with van der Waals surface area (Å²) >= 11 is 0. The summed E-state index contributed by atoms with van der Waals surface area (Å²) < 4.78 is 11.3.